The largest absolute Gasteiger partial charge is 0.438 e. The van der Waals surface area contributed by atoms with Crippen LogP contribution in [0, 0.1) is 5.92 Å². The molecule has 1 atom stereocenters. The first-order valence-electron chi connectivity index (χ1n) is 8.28. The van der Waals surface area contributed by atoms with Crippen molar-refractivity contribution >= 4 is 22.1 Å². The van der Waals surface area contributed by atoms with Gasteiger partial charge in [0.15, 0.2) is 0 Å². The lowest BCUT2D eigenvalue weighted by Crippen LogP contribution is -2.58. The Morgan fingerprint density at radius 2 is 1.78 bits per heavy atom. The molecule has 1 saturated heterocycles. The van der Waals surface area contributed by atoms with Crippen molar-refractivity contribution in [1.82, 2.24) is 9.31 Å². The highest BCUT2D eigenvalue weighted by Crippen LogP contribution is 2.40. The second kappa shape index (κ2) is 6.88. The van der Waals surface area contributed by atoms with E-state index in [0.29, 0.717) is 0 Å². The number of hydrogen-bond acceptors (Lipinski definition) is 5. The highest BCUT2D eigenvalue weighted by molar-refractivity contribution is 7.89. The summed E-state index contributed by atoms with van der Waals surface area (Å²) in [6.07, 6.45) is -4.93. The molecule has 1 aromatic rings. The van der Waals surface area contributed by atoms with Gasteiger partial charge in [-0.25, -0.2) is 8.42 Å². The van der Waals surface area contributed by atoms with Gasteiger partial charge in [-0.3, -0.25) is 4.79 Å². The standard InChI is InChI=1S/C16H18F3N3O4S/c17-16(18,19)15(24)8-9-20-22(15)14(23)12-6-10-21(11-7-12)27(25,26)13-4-2-1-3-5-13/h1-5,9,12,24H,6-8,10-11H2/t15-/m1/s1. The molecule has 3 rings (SSSR count). The Bertz CT molecular complexity index is 836. The van der Waals surface area contributed by atoms with Crippen molar-refractivity contribution in [2.24, 2.45) is 11.0 Å². The lowest BCUT2D eigenvalue weighted by atomic mass is 9.96. The van der Waals surface area contributed by atoms with Gasteiger partial charge < -0.3 is 5.11 Å². The van der Waals surface area contributed by atoms with E-state index in [1.54, 1.807) is 18.2 Å². The molecule has 1 amide bonds. The average Bonchev–Trinajstić information content (AvgIpc) is 3.05. The number of hydrogen-bond donors (Lipinski definition) is 1. The SMILES string of the molecule is O=C(C1CCN(S(=O)(=O)c2ccccc2)CC1)N1N=CC[C@@]1(O)C(F)(F)F. The molecule has 2 aliphatic rings. The van der Waals surface area contributed by atoms with Crippen LogP contribution in [-0.2, 0) is 14.8 Å². The van der Waals surface area contributed by atoms with Gasteiger partial charge in [-0.15, -0.1) is 0 Å². The molecule has 0 radical (unpaired) electrons. The summed E-state index contributed by atoms with van der Waals surface area (Å²) >= 11 is 0. The molecule has 0 spiro atoms. The maximum atomic E-state index is 13.1. The van der Waals surface area contributed by atoms with Gasteiger partial charge >= 0.3 is 6.18 Å². The topological polar surface area (TPSA) is 90.3 Å². The molecule has 1 N–H and O–H groups in total. The molecule has 2 heterocycles. The van der Waals surface area contributed by atoms with Gasteiger partial charge in [0.25, 0.3) is 5.72 Å². The summed E-state index contributed by atoms with van der Waals surface area (Å²) in [7, 11) is -3.73. The predicted molar refractivity (Wildman–Crippen MR) is 88.9 cm³/mol. The molecule has 0 bridgehead atoms. The van der Waals surface area contributed by atoms with Crippen LogP contribution in [0.15, 0.2) is 40.3 Å². The molecular formula is C16H18F3N3O4S. The molecule has 2 aliphatic heterocycles. The second-order valence-electron chi connectivity index (χ2n) is 6.46. The van der Waals surface area contributed by atoms with Crippen molar-refractivity contribution in [3.63, 3.8) is 0 Å². The first kappa shape index (κ1) is 19.8. The first-order valence-corrected chi connectivity index (χ1v) is 9.72. The minimum absolute atomic E-state index is 0.00433. The summed E-state index contributed by atoms with van der Waals surface area (Å²) in [6, 6.07) is 7.77. The van der Waals surface area contributed by atoms with E-state index in [2.05, 4.69) is 5.10 Å². The molecule has 0 saturated carbocycles. The van der Waals surface area contributed by atoms with E-state index in [0.717, 1.165) is 6.21 Å². The molecule has 27 heavy (non-hydrogen) atoms. The molecule has 0 aromatic heterocycles. The zero-order valence-corrected chi connectivity index (χ0v) is 14.9. The van der Waals surface area contributed by atoms with Crippen LogP contribution in [-0.4, -0.2) is 60.0 Å². The fourth-order valence-corrected chi connectivity index (χ4v) is 4.66. The normalized spacial score (nSPS) is 25.1. The van der Waals surface area contributed by atoms with Gasteiger partial charge in [0.1, 0.15) is 0 Å². The molecule has 1 aromatic carbocycles. The third-order valence-corrected chi connectivity index (χ3v) is 6.68. The van der Waals surface area contributed by atoms with E-state index in [1.165, 1.54) is 16.4 Å². The average molecular weight is 405 g/mol. The van der Waals surface area contributed by atoms with Crippen molar-refractivity contribution < 1.29 is 31.5 Å². The van der Waals surface area contributed by atoms with Crippen molar-refractivity contribution in [2.45, 2.75) is 36.1 Å². The number of piperidine rings is 1. The molecule has 1 fully saturated rings. The lowest BCUT2D eigenvalue weighted by molar-refractivity contribution is -0.303. The van der Waals surface area contributed by atoms with E-state index in [4.69, 9.17) is 0 Å². The number of halogens is 3. The molecule has 11 heteroatoms. The van der Waals surface area contributed by atoms with E-state index >= 15 is 0 Å². The number of nitrogens with zero attached hydrogens (tertiary/aromatic N) is 3. The Balaban J connectivity index is 1.69. The molecule has 0 aliphatic carbocycles. The number of aliphatic hydroxyl groups is 1. The van der Waals surface area contributed by atoms with Crippen LogP contribution in [0.1, 0.15) is 19.3 Å². The smallest absolute Gasteiger partial charge is 0.362 e. The molecule has 7 nitrogen and oxygen atoms in total. The van der Waals surface area contributed by atoms with Gasteiger partial charge in [-0.1, -0.05) is 18.2 Å². The van der Waals surface area contributed by atoms with Crippen molar-refractivity contribution in [2.75, 3.05) is 13.1 Å². The van der Waals surface area contributed by atoms with Gasteiger partial charge in [0.2, 0.25) is 15.9 Å². The number of rotatable bonds is 3. The van der Waals surface area contributed by atoms with Crippen LogP contribution in [0.3, 0.4) is 0 Å². The number of carbonyl (C=O) groups is 1. The monoisotopic (exact) mass is 405 g/mol. The minimum atomic E-state index is -5.05. The van der Waals surface area contributed by atoms with Crippen LogP contribution in [0.5, 0.6) is 0 Å². The zero-order valence-electron chi connectivity index (χ0n) is 14.1. The Hall–Kier alpha value is -1.98. The molecule has 0 unspecified atom stereocenters. The van der Waals surface area contributed by atoms with Gasteiger partial charge in [0.05, 0.1) is 4.90 Å². The van der Waals surface area contributed by atoms with Crippen LogP contribution < -0.4 is 0 Å². The fraction of sp³-hybridized carbons (Fsp3) is 0.500. The molecular weight excluding hydrogens is 387 g/mol. The third kappa shape index (κ3) is 3.46. The highest BCUT2D eigenvalue weighted by atomic mass is 32.2. The van der Waals surface area contributed by atoms with E-state index < -0.39 is 40.2 Å². The highest BCUT2D eigenvalue weighted by Gasteiger charge is 2.62. The Morgan fingerprint density at radius 1 is 1.19 bits per heavy atom. The summed E-state index contributed by atoms with van der Waals surface area (Å²) in [5, 5.41) is 13.4. The van der Waals surface area contributed by atoms with Crippen molar-refractivity contribution in [3.05, 3.63) is 30.3 Å². The quantitative estimate of drug-likeness (QED) is 0.826. The number of sulfonamides is 1. The van der Waals surface area contributed by atoms with Crippen molar-refractivity contribution in [1.29, 1.82) is 0 Å². The number of carbonyl (C=O) groups excluding carboxylic acids is 1. The lowest BCUT2D eigenvalue weighted by Gasteiger charge is -2.36. The summed E-state index contributed by atoms with van der Waals surface area (Å²) in [5.74, 6) is -1.81. The summed E-state index contributed by atoms with van der Waals surface area (Å²) < 4.78 is 65.7. The zero-order chi connectivity index (χ0) is 19.9. The van der Waals surface area contributed by atoms with E-state index in [-0.39, 0.29) is 35.8 Å². The Labute approximate surface area is 154 Å². The van der Waals surface area contributed by atoms with Crippen LogP contribution in [0.25, 0.3) is 0 Å². The van der Waals surface area contributed by atoms with Crippen molar-refractivity contribution in [3.8, 4) is 0 Å². The Kier molecular flexibility index (Phi) is 5.04. The van der Waals surface area contributed by atoms with Crippen LogP contribution >= 0.6 is 0 Å². The Morgan fingerprint density at radius 3 is 2.33 bits per heavy atom. The third-order valence-electron chi connectivity index (χ3n) is 4.77. The van der Waals surface area contributed by atoms with Crippen LogP contribution in [0.4, 0.5) is 13.2 Å². The van der Waals surface area contributed by atoms with Gasteiger partial charge in [-0.05, 0) is 25.0 Å². The second-order valence-corrected chi connectivity index (χ2v) is 8.40. The molecule has 148 valence electrons. The summed E-state index contributed by atoms with van der Waals surface area (Å²) in [4.78, 5) is 12.6. The van der Waals surface area contributed by atoms with E-state index in [1.807, 2.05) is 0 Å². The minimum Gasteiger partial charge on any atom is -0.362 e. The first-order chi connectivity index (χ1) is 12.6. The van der Waals surface area contributed by atoms with Crippen LogP contribution in [0.2, 0.25) is 0 Å². The van der Waals surface area contributed by atoms with E-state index in [9.17, 15) is 31.5 Å². The maximum absolute atomic E-state index is 13.1. The number of amides is 1. The predicted octanol–water partition coefficient (Wildman–Crippen LogP) is 1.56. The fourth-order valence-electron chi connectivity index (χ4n) is 3.16. The summed E-state index contributed by atoms with van der Waals surface area (Å²) in [5.41, 5.74) is -3.35. The number of alkyl halides is 3. The van der Waals surface area contributed by atoms with Gasteiger partial charge in [0, 0.05) is 31.6 Å². The number of benzene rings is 1. The summed E-state index contributed by atoms with van der Waals surface area (Å²) in [6.45, 7) is -0.00866. The maximum Gasteiger partial charge on any atom is 0.438 e. The van der Waals surface area contributed by atoms with Gasteiger partial charge in [-0.2, -0.15) is 27.6 Å². The number of hydrazone groups is 1.